The van der Waals surface area contributed by atoms with Crippen molar-refractivity contribution in [3.8, 4) is 0 Å². The zero-order valence-corrected chi connectivity index (χ0v) is 15.0. The summed E-state index contributed by atoms with van der Waals surface area (Å²) in [5.74, 6) is 3.35. The molecule has 2 aliphatic rings. The van der Waals surface area contributed by atoms with Crippen molar-refractivity contribution in [3.63, 3.8) is 0 Å². The normalized spacial score (nSPS) is 42.7. The van der Waals surface area contributed by atoms with Crippen LogP contribution in [0.2, 0.25) is 0 Å². The SMILES string of the molecule is CCOC1(C(NC)C2CCC(C)C(C)C2)CCCC(C)C1. The summed E-state index contributed by atoms with van der Waals surface area (Å²) in [7, 11) is 2.16. The molecule has 2 aliphatic carbocycles. The lowest BCUT2D eigenvalue weighted by atomic mass is 9.65. The molecule has 0 aliphatic heterocycles. The molecule has 1 N–H and O–H groups in total. The second-order valence-corrected chi connectivity index (χ2v) is 7.99. The van der Waals surface area contributed by atoms with Gasteiger partial charge in [0.1, 0.15) is 0 Å². The van der Waals surface area contributed by atoms with E-state index in [0.717, 1.165) is 30.3 Å². The van der Waals surface area contributed by atoms with Crippen molar-refractivity contribution < 1.29 is 4.74 Å². The zero-order valence-electron chi connectivity index (χ0n) is 15.0. The van der Waals surface area contributed by atoms with Gasteiger partial charge in [-0.15, -0.1) is 0 Å². The van der Waals surface area contributed by atoms with Gasteiger partial charge in [-0.05, 0) is 63.3 Å². The maximum absolute atomic E-state index is 6.45. The van der Waals surface area contributed by atoms with Gasteiger partial charge in [0.2, 0.25) is 0 Å². The first kappa shape index (κ1) is 17.3. The maximum atomic E-state index is 6.45. The molecule has 0 aromatic rings. The Morgan fingerprint density at radius 2 is 1.90 bits per heavy atom. The Kier molecular flexibility index (Phi) is 6.14. The van der Waals surface area contributed by atoms with Gasteiger partial charge in [-0.2, -0.15) is 0 Å². The van der Waals surface area contributed by atoms with Crippen molar-refractivity contribution in [1.29, 1.82) is 0 Å². The first-order valence-electron chi connectivity index (χ1n) is 9.33. The second kappa shape index (κ2) is 7.46. The van der Waals surface area contributed by atoms with Gasteiger partial charge in [0.15, 0.2) is 0 Å². The number of nitrogens with one attached hydrogen (secondary N) is 1. The average molecular weight is 296 g/mol. The molecule has 0 spiro atoms. The van der Waals surface area contributed by atoms with Crippen LogP contribution in [0.4, 0.5) is 0 Å². The summed E-state index contributed by atoms with van der Waals surface area (Å²) in [6.45, 7) is 10.3. The Hall–Kier alpha value is -0.0800. The van der Waals surface area contributed by atoms with Gasteiger partial charge in [0.25, 0.3) is 0 Å². The fourth-order valence-electron chi connectivity index (χ4n) is 5.15. The average Bonchev–Trinajstić information content (AvgIpc) is 2.44. The first-order chi connectivity index (χ1) is 10.0. The minimum Gasteiger partial charge on any atom is -0.374 e. The van der Waals surface area contributed by atoms with Crippen LogP contribution in [0.3, 0.4) is 0 Å². The van der Waals surface area contributed by atoms with E-state index >= 15 is 0 Å². The summed E-state index contributed by atoms with van der Waals surface area (Å²) in [5, 5.41) is 3.70. The molecule has 2 heteroatoms. The van der Waals surface area contributed by atoms with Crippen molar-refractivity contribution in [1.82, 2.24) is 5.32 Å². The highest BCUT2D eigenvalue weighted by Gasteiger charge is 2.46. The predicted molar refractivity (Wildman–Crippen MR) is 90.5 cm³/mol. The highest BCUT2D eigenvalue weighted by atomic mass is 16.5. The smallest absolute Gasteiger partial charge is 0.0839 e. The molecule has 2 fully saturated rings. The summed E-state index contributed by atoms with van der Waals surface area (Å²) in [4.78, 5) is 0. The molecular weight excluding hydrogens is 258 g/mol. The number of hydrogen-bond acceptors (Lipinski definition) is 2. The van der Waals surface area contributed by atoms with Gasteiger partial charge in [-0.3, -0.25) is 0 Å². The molecule has 124 valence electrons. The van der Waals surface area contributed by atoms with Crippen LogP contribution in [0.15, 0.2) is 0 Å². The van der Waals surface area contributed by atoms with Gasteiger partial charge in [0, 0.05) is 12.6 Å². The second-order valence-electron chi connectivity index (χ2n) is 7.99. The summed E-state index contributed by atoms with van der Waals surface area (Å²) >= 11 is 0. The van der Waals surface area contributed by atoms with E-state index in [0.29, 0.717) is 6.04 Å². The number of ether oxygens (including phenoxy) is 1. The van der Waals surface area contributed by atoms with E-state index in [9.17, 15) is 0 Å². The quantitative estimate of drug-likeness (QED) is 0.798. The van der Waals surface area contributed by atoms with E-state index in [1.807, 2.05) is 0 Å². The Bertz CT molecular complexity index is 315. The van der Waals surface area contributed by atoms with Crippen LogP contribution in [0.5, 0.6) is 0 Å². The van der Waals surface area contributed by atoms with E-state index in [4.69, 9.17) is 4.74 Å². The third kappa shape index (κ3) is 3.82. The van der Waals surface area contributed by atoms with Gasteiger partial charge < -0.3 is 10.1 Å². The maximum Gasteiger partial charge on any atom is 0.0839 e. The van der Waals surface area contributed by atoms with E-state index in [1.165, 1.54) is 44.9 Å². The molecule has 0 saturated heterocycles. The van der Waals surface area contributed by atoms with Crippen LogP contribution in [0.25, 0.3) is 0 Å². The Morgan fingerprint density at radius 1 is 1.14 bits per heavy atom. The van der Waals surface area contributed by atoms with Gasteiger partial charge in [-0.25, -0.2) is 0 Å². The molecular formula is C19H37NO. The zero-order chi connectivity index (χ0) is 15.5. The van der Waals surface area contributed by atoms with Crippen LogP contribution < -0.4 is 5.32 Å². The molecule has 0 radical (unpaired) electrons. The lowest BCUT2D eigenvalue weighted by Gasteiger charge is -2.50. The fraction of sp³-hybridized carbons (Fsp3) is 1.00. The lowest BCUT2D eigenvalue weighted by molar-refractivity contribution is -0.116. The van der Waals surface area contributed by atoms with E-state index < -0.39 is 0 Å². The largest absolute Gasteiger partial charge is 0.374 e. The molecule has 0 amide bonds. The van der Waals surface area contributed by atoms with Crippen LogP contribution >= 0.6 is 0 Å². The molecule has 0 heterocycles. The minimum absolute atomic E-state index is 0.0894. The number of hydrogen-bond donors (Lipinski definition) is 1. The minimum atomic E-state index is 0.0894. The van der Waals surface area contributed by atoms with Crippen LogP contribution in [-0.2, 0) is 4.74 Å². The molecule has 6 unspecified atom stereocenters. The van der Waals surface area contributed by atoms with E-state index in [-0.39, 0.29) is 5.60 Å². The van der Waals surface area contributed by atoms with E-state index in [2.05, 4.69) is 40.1 Å². The monoisotopic (exact) mass is 295 g/mol. The molecule has 0 bridgehead atoms. The summed E-state index contributed by atoms with van der Waals surface area (Å²) in [6, 6.07) is 0.537. The van der Waals surface area contributed by atoms with Crippen molar-refractivity contribution in [2.75, 3.05) is 13.7 Å². The molecule has 0 aromatic heterocycles. The third-order valence-corrected chi connectivity index (χ3v) is 6.41. The van der Waals surface area contributed by atoms with Gasteiger partial charge in [0.05, 0.1) is 5.60 Å². The fourth-order valence-corrected chi connectivity index (χ4v) is 5.15. The highest BCUT2D eigenvalue weighted by molar-refractivity contribution is 5.01. The number of rotatable bonds is 5. The van der Waals surface area contributed by atoms with Gasteiger partial charge in [-0.1, -0.05) is 40.0 Å². The third-order valence-electron chi connectivity index (χ3n) is 6.41. The molecule has 0 aromatic carbocycles. The molecule has 2 nitrogen and oxygen atoms in total. The van der Waals surface area contributed by atoms with Crippen molar-refractivity contribution in [2.45, 2.75) is 84.3 Å². The number of likely N-dealkylation sites (N-methyl/N-ethyl adjacent to an activating group) is 1. The summed E-state index contributed by atoms with van der Waals surface area (Å²) < 4.78 is 6.45. The Labute approximate surface area is 132 Å². The molecule has 21 heavy (non-hydrogen) atoms. The van der Waals surface area contributed by atoms with Crippen molar-refractivity contribution in [2.24, 2.45) is 23.7 Å². The Morgan fingerprint density at radius 3 is 2.48 bits per heavy atom. The van der Waals surface area contributed by atoms with E-state index in [1.54, 1.807) is 0 Å². The van der Waals surface area contributed by atoms with Crippen molar-refractivity contribution >= 4 is 0 Å². The van der Waals surface area contributed by atoms with Crippen LogP contribution in [0, 0.1) is 23.7 Å². The standard InChI is InChI=1S/C19H37NO/c1-6-21-19(11-7-8-14(2)13-19)18(20-5)17-10-9-15(3)16(4)12-17/h14-18,20H,6-13H2,1-5H3. The molecule has 2 rings (SSSR count). The molecule has 6 atom stereocenters. The van der Waals surface area contributed by atoms with Gasteiger partial charge >= 0.3 is 0 Å². The predicted octanol–water partition coefficient (Wildman–Crippen LogP) is 4.63. The van der Waals surface area contributed by atoms with Crippen LogP contribution in [-0.4, -0.2) is 25.3 Å². The van der Waals surface area contributed by atoms with Crippen molar-refractivity contribution in [3.05, 3.63) is 0 Å². The van der Waals surface area contributed by atoms with Crippen LogP contribution in [0.1, 0.15) is 72.6 Å². The summed E-state index contributed by atoms with van der Waals surface area (Å²) in [5.41, 5.74) is 0.0894. The topological polar surface area (TPSA) is 21.3 Å². The molecule has 2 saturated carbocycles. The lowest BCUT2D eigenvalue weighted by Crippen LogP contribution is -2.58. The first-order valence-corrected chi connectivity index (χ1v) is 9.33. The highest BCUT2D eigenvalue weighted by Crippen LogP contribution is 2.44. The summed E-state index contributed by atoms with van der Waals surface area (Å²) in [6.07, 6.45) is 9.34. The Balaban J connectivity index is 2.15.